The van der Waals surface area contributed by atoms with Crippen LogP contribution in [0.3, 0.4) is 0 Å². The summed E-state index contributed by atoms with van der Waals surface area (Å²) in [7, 11) is 3.68. The Morgan fingerprint density at radius 3 is 1.94 bits per heavy atom. The van der Waals surface area contributed by atoms with Crippen molar-refractivity contribution in [3.8, 4) is 5.75 Å². The van der Waals surface area contributed by atoms with E-state index in [1.165, 1.54) is 31.2 Å². The molecular formula is C27H44OS4. The molecule has 1 aromatic rings. The van der Waals surface area contributed by atoms with Gasteiger partial charge < -0.3 is 5.11 Å². The second-order valence-electron chi connectivity index (χ2n) is 10.6. The summed E-state index contributed by atoms with van der Waals surface area (Å²) in [4.78, 5) is 0. The van der Waals surface area contributed by atoms with Gasteiger partial charge in [0.25, 0.3) is 0 Å². The molecule has 1 heterocycles. The largest absolute Gasteiger partial charge is 0.507 e. The predicted molar refractivity (Wildman–Crippen MR) is 155 cm³/mol. The zero-order chi connectivity index (χ0) is 24.0. The van der Waals surface area contributed by atoms with Crippen molar-refractivity contribution in [2.45, 2.75) is 115 Å². The molecule has 0 spiro atoms. The molecule has 0 aromatic heterocycles. The number of hydrogen-bond donors (Lipinski definition) is 1. The Morgan fingerprint density at radius 1 is 0.938 bits per heavy atom. The molecule has 1 fully saturated rings. The summed E-state index contributed by atoms with van der Waals surface area (Å²) >= 11 is 8.05. The second-order valence-corrected chi connectivity index (χ2v) is 14.9. The predicted octanol–water partition coefficient (Wildman–Crippen LogP) is 9.78. The lowest BCUT2D eigenvalue weighted by Crippen LogP contribution is -2.31. The number of phenols is 1. The van der Waals surface area contributed by atoms with Crippen LogP contribution in [-0.4, -0.2) is 20.8 Å². The molecule has 182 valence electrons. The zero-order valence-electron chi connectivity index (χ0n) is 21.3. The third-order valence-corrected chi connectivity index (χ3v) is 12.2. The van der Waals surface area contributed by atoms with Crippen LogP contribution in [0.15, 0.2) is 12.1 Å². The van der Waals surface area contributed by atoms with Gasteiger partial charge in [0.2, 0.25) is 0 Å². The lowest BCUT2D eigenvalue weighted by molar-refractivity contribution is 0.388. The first-order chi connectivity index (χ1) is 15.1. The van der Waals surface area contributed by atoms with Crippen LogP contribution in [-0.2, 0) is 15.6 Å². The number of rotatable bonds is 13. The van der Waals surface area contributed by atoms with Gasteiger partial charge in [0.1, 0.15) is 5.75 Å². The van der Waals surface area contributed by atoms with Crippen molar-refractivity contribution < 1.29 is 5.11 Å². The Morgan fingerprint density at radius 2 is 1.50 bits per heavy atom. The summed E-state index contributed by atoms with van der Waals surface area (Å²) in [6.07, 6.45) is 9.45. The fourth-order valence-corrected chi connectivity index (χ4v) is 10.6. The first-order valence-corrected chi connectivity index (χ1v) is 16.1. The van der Waals surface area contributed by atoms with Crippen LogP contribution in [0.2, 0.25) is 0 Å². The van der Waals surface area contributed by atoms with Crippen molar-refractivity contribution in [1.82, 2.24) is 0 Å². The van der Waals surface area contributed by atoms with Crippen molar-refractivity contribution in [3.63, 3.8) is 0 Å². The fourth-order valence-electron chi connectivity index (χ4n) is 4.87. The fraction of sp³-hybridized carbons (Fsp3) is 0.741. The number of hydrogen-bond acceptors (Lipinski definition) is 5. The van der Waals surface area contributed by atoms with Gasteiger partial charge in [-0.3, -0.25) is 0 Å². The van der Waals surface area contributed by atoms with Gasteiger partial charge >= 0.3 is 0 Å². The third-order valence-electron chi connectivity index (χ3n) is 6.86. The topological polar surface area (TPSA) is 20.2 Å². The first kappa shape index (κ1) is 28.4. The molecule has 1 unspecified atom stereocenters. The van der Waals surface area contributed by atoms with Crippen LogP contribution in [0.25, 0.3) is 0 Å². The van der Waals surface area contributed by atoms with Crippen LogP contribution in [0, 0.1) is 0 Å². The maximum absolute atomic E-state index is 11.6. The van der Waals surface area contributed by atoms with Crippen LogP contribution < -0.4 is 0 Å². The Labute approximate surface area is 215 Å². The average Bonchev–Trinajstić information content (AvgIpc) is 3.09. The highest BCUT2D eigenvalue weighted by Crippen LogP contribution is 2.56. The van der Waals surface area contributed by atoms with E-state index in [1.54, 1.807) is 10.8 Å². The van der Waals surface area contributed by atoms with E-state index in [0.717, 1.165) is 52.5 Å². The average molecular weight is 513 g/mol. The highest BCUT2D eigenvalue weighted by molar-refractivity contribution is 8.84. The van der Waals surface area contributed by atoms with Crippen LogP contribution in [0.4, 0.5) is 0 Å². The standard InChI is InChI=1S/C27H44OS4/c1-8-11-12-13-16-30-27(19-31-32-24(27)29)20-17-21(25(4,5)14-9-2)23(28)22(18-20)26(6,7)15-10-3/h17-18,28H,8-16,19H2,1-7H3. The molecule has 1 aromatic carbocycles. The maximum Gasteiger partial charge on any atom is 0.123 e. The molecule has 1 atom stereocenters. The SMILES string of the molecule is CCCCCCSC1(c2cc(C(C)(C)CCC)c(O)c(C(C)(C)CCC)c2)CSSC1=S. The molecule has 32 heavy (non-hydrogen) atoms. The van der Waals surface area contributed by atoms with Crippen LogP contribution in [0.1, 0.15) is 117 Å². The molecule has 1 aliphatic rings. The van der Waals surface area contributed by atoms with E-state index < -0.39 is 0 Å². The lowest BCUT2D eigenvalue weighted by atomic mass is 9.73. The van der Waals surface area contributed by atoms with Crippen molar-refractivity contribution in [2.75, 3.05) is 11.5 Å². The summed E-state index contributed by atoms with van der Waals surface area (Å²) < 4.78 is 0.964. The van der Waals surface area contributed by atoms with E-state index in [9.17, 15) is 5.11 Å². The normalized spacial score (nSPS) is 19.7. The van der Waals surface area contributed by atoms with E-state index in [-0.39, 0.29) is 15.6 Å². The molecule has 1 nitrogen and oxygen atoms in total. The molecule has 0 amide bonds. The molecular weight excluding hydrogens is 469 g/mol. The smallest absolute Gasteiger partial charge is 0.123 e. The van der Waals surface area contributed by atoms with Crippen LogP contribution >= 0.6 is 45.6 Å². The van der Waals surface area contributed by atoms with Crippen LogP contribution in [0.5, 0.6) is 5.75 Å². The van der Waals surface area contributed by atoms with Gasteiger partial charge in [-0.15, -0.1) is 11.8 Å². The quantitative estimate of drug-likeness (QED) is 0.161. The van der Waals surface area contributed by atoms with Crippen molar-refractivity contribution in [3.05, 3.63) is 28.8 Å². The Kier molecular flexibility index (Phi) is 10.8. The number of unbranched alkanes of at least 4 members (excludes halogenated alkanes) is 3. The molecule has 0 aliphatic carbocycles. The number of benzene rings is 1. The zero-order valence-corrected chi connectivity index (χ0v) is 24.6. The third kappa shape index (κ3) is 6.43. The number of thiocarbonyl (C=S) groups is 1. The van der Waals surface area contributed by atoms with Gasteiger partial charge in [0.05, 0.1) is 8.94 Å². The number of phenolic OH excluding ortho intramolecular Hbond substituents is 1. The van der Waals surface area contributed by atoms with Gasteiger partial charge in [-0.25, -0.2) is 0 Å². The number of thioether (sulfide) groups is 1. The highest BCUT2D eigenvalue weighted by atomic mass is 33.1. The summed E-state index contributed by atoms with van der Waals surface area (Å²) in [5.74, 6) is 2.67. The minimum atomic E-state index is -0.140. The molecule has 2 rings (SSSR count). The van der Waals surface area contributed by atoms with E-state index >= 15 is 0 Å². The summed E-state index contributed by atoms with van der Waals surface area (Å²) in [5, 5.41) is 11.6. The van der Waals surface area contributed by atoms with E-state index in [0.29, 0.717) is 5.75 Å². The van der Waals surface area contributed by atoms with Crippen molar-refractivity contribution in [2.24, 2.45) is 0 Å². The first-order valence-electron chi connectivity index (χ1n) is 12.4. The van der Waals surface area contributed by atoms with Crippen molar-refractivity contribution >= 4 is 49.8 Å². The molecule has 0 bridgehead atoms. The summed E-state index contributed by atoms with van der Waals surface area (Å²) in [5.41, 5.74) is 3.38. The number of aromatic hydroxyl groups is 1. The summed E-state index contributed by atoms with van der Waals surface area (Å²) in [6, 6.07) is 4.63. The van der Waals surface area contributed by atoms with E-state index in [1.807, 2.05) is 22.6 Å². The Hall–Kier alpha value is 0.160. The maximum atomic E-state index is 11.6. The molecule has 0 radical (unpaired) electrons. The van der Waals surface area contributed by atoms with Gasteiger partial charge in [-0.05, 0) is 64.3 Å². The van der Waals surface area contributed by atoms with Crippen molar-refractivity contribution in [1.29, 1.82) is 0 Å². The highest BCUT2D eigenvalue weighted by Gasteiger charge is 2.44. The monoisotopic (exact) mass is 512 g/mol. The minimum absolute atomic E-state index is 0.0701. The molecule has 1 N–H and O–H groups in total. The lowest BCUT2D eigenvalue weighted by Gasteiger charge is -2.36. The molecule has 1 aliphatic heterocycles. The summed E-state index contributed by atoms with van der Waals surface area (Å²) in [6.45, 7) is 15.9. The van der Waals surface area contributed by atoms with E-state index in [4.69, 9.17) is 12.2 Å². The van der Waals surface area contributed by atoms with Gasteiger partial charge in [-0.2, -0.15) is 0 Å². The minimum Gasteiger partial charge on any atom is -0.507 e. The second kappa shape index (κ2) is 12.2. The Bertz CT molecular complexity index is 732. The molecule has 0 saturated carbocycles. The van der Waals surface area contributed by atoms with Gasteiger partial charge in [0, 0.05) is 16.9 Å². The molecule has 1 saturated heterocycles. The van der Waals surface area contributed by atoms with E-state index in [2.05, 4.69) is 60.6 Å². The van der Waals surface area contributed by atoms with Gasteiger partial charge in [0.15, 0.2) is 0 Å². The van der Waals surface area contributed by atoms with Gasteiger partial charge in [-0.1, -0.05) is 104 Å². The molecule has 5 heteroatoms. The Balaban J connectivity index is 2.61.